The van der Waals surface area contributed by atoms with Crippen LogP contribution >= 0.6 is 0 Å². The predicted octanol–water partition coefficient (Wildman–Crippen LogP) is 1.91. The predicted molar refractivity (Wildman–Crippen MR) is 89.3 cm³/mol. The lowest BCUT2D eigenvalue weighted by Gasteiger charge is -2.22. The van der Waals surface area contributed by atoms with E-state index in [0.29, 0.717) is 25.6 Å². The van der Waals surface area contributed by atoms with Crippen molar-refractivity contribution in [3.63, 3.8) is 0 Å². The molecular formula is C16H28N4O2. The molecule has 0 aliphatic carbocycles. The van der Waals surface area contributed by atoms with Crippen molar-refractivity contribution in [2.45, 2.75) is 26.3 Å². The SMILES string of the molecule is CCCCN(C)C(=NC)NCc1cccnc1OCCOC. The van der Waals surface area contributed by atoms with Gasteiger partial charge in [0.2, 0.25) is 5.88 Å². The molecule has 0 saturated heterocycles. The normalized spacial score (nSPS) is 11.4. The van der Waals surface area contributed by atoms with Crippen molar-refractivity contribution in [1.29, 1.82) is 0 Å². The molecule has 0 fully saturated rings. The topological polar surface area (TPSA) is 59.0 Å². The van der Waals surface area contributed by atoms with E-state index in [2.05, 4.69) is 27.1 Å². The molecule has 22 heavy (non-hydrogen) atoms. The third-order valence-corrected chi connectivity index (χ3v) is 3.23. The third kappa shape index (κ3) is 6.30. The van der Waals surface area contributed by atoms with E-state index in [0.717, 1.165) is 24.5 Å². The Morgan fingerprint density at radius 2 is 2.23 bits per heavy atom. The van der Waals surface area contributed by atoms with Gasteiger partial charge in [0, 0.05) is 46.1 Å². The molecule has 0 radical (unpaired) electrons. The summed E-state index contributed by atoms with van der Waals surface area (Å²) in [6.45, 7) is 4.83. The summed E-state index contributed by atoms with van der Waals surface area (Å²) in [7, 11) is 5.49. The summed E-state index contributed by atoms with van der Waals surface area (Å²) in [5, 5.41) is 3.35. The fraction of sp³-hybridized carbons (Fsp3) is 0.625. The van der Waals surface area contributed by atoms with E-state index in [1.807, 2.05) is 19.2 Å². The maximum Gasteiger partial charge on any atom is 0.218 e. The second-order valence-electron chi connectivity index (χ2n) is 4.98. The van der Waals surface area contributed by atoms with Gasteiger partial charge in [-0.15, -0.1) is 0 Å². The number of methoxy groups -OCH3 is 1. The molecule has 0 aliphatic heterocycles. The van der Waals surface area contributed by atoms with E-state index in [9.17, 15) is 0 Å². The first-order valence-electron chi connectivity index (χ1n) is 7.70. The summed E-state index contributed by atoms with van der Waals surface area (Å²) < 4.78 is 10.6. The minimum Gasteiger partial charge on any atom is -0.475 e. The number of hydrogen-bond acceptors (Lipinski definition) is 4. The average Bonchev–Trinajstić information content (AvgIpc) is 2.55. The summed E-state index contributed by atoms with van der Waals surface area (Å²) in [4.78, 5) is 10.7. The third-order valence-electron chi connectivity index (χ3n) is 3.23. The van der Waals surface area contributed by atoms with Crippen molar-refractivity contribution in [2.24, 2.45) is 4.99 Å². The molecule has 0 amide bonds. The monoisotopic (exact) mass is 308 g/mol. The minimum atomic E-state index is 0.492. The van der Waals surface area contributed by atoms with Crippen LogP contribution in [0.1, 0.15) is 25.3 Å². The van der Waals surface area contributed by atoms with Gasteiger partial charge in [0.15, 0.2) is 5.96 Å². The number of unbranched alkanes of at least 4 members (excludes halogenated alkanes) is 1. The number of rotatable bonds is 9. The van der Waals surface area contributed by atoms with Crippen LogP contribution in [0.25, 0.3) is 0 Å². The van der Waals surface area contributed by atoms with Crippen LogP contribution in [-0.2, 0) is 11.3 Å². The van der Waals surface area contributed by atoms with Gasteiger partial charge >= 0.3 is 0 Å². The molecule has 1 rings (SSSR count). The van der Waals surface area contributed by atoms with Crippen LogP contribution in [-0.4, -0.2) is 56.8 Å². The standard InChI is InChI=1S/C16H28N4O2/c1-5-6-10-20(3)16(17-2)19-13-14-8-7-9-18-15(14)22-12-11-21-4/h7-9H,5-6,10-13H2,1-4H3,(H,17,19). The Morgan fingerprint density at radius 3 is 2.91 bits per heavy atom. The molecule has 0 unspecified atom stereocenters. The molecule has 1 N–H and O–H groups in total. The smallest absolute Gasteiger partial charge is 0.218 e. The lowest BCUT2D eigenvalue weighted by molar-refractivity contribution is 0.143. The number of guanidine groups is 1. The van der Waals surface area contributed by atoms with Crippen molar-refractivity contribution < 1.29 is 9.47 Å². The molecule has 0 aromatic carbocycles. The number of aromatic nitrogens is 1. The van der Waals surface area contributed by atoms with Crippen LogP contribution in [0.15, 0.2) is 23.3 Å². The first-order valence-corrected chi connectivity index (χ1v) is 7.70. The molecule has 6 nitrogen and oxygen atoms in total. The van der Waals surface area contributed by atoms with Gasteiger partial charge < -0.3 is 19.7 Å². The van der Waals surface area contributed by atoms with E-state index < -0.39 is 0 Å². The second kappa shape index (κ2) is 10.8. The van der Waals surface area contributed by atoms with Gasteiger partial charge in [-0.3, -0.25) is 4.99 Å². The van der Waals surface area contributed by atoms with Gasteiger partial charge in [-0.25, -0.2) is 4.98 Å². The van der Waals surface area contributed by atoms with Crippen LogP contribution in [0.5, 0.6) is 5.88 Å². The molecule has 0 spiro atoms. The highest BCUT2D eigenvalue weighted by Crippen LogP contribution is 2.14. The average molecular weight is 308 g/mol. The van der Waals surface area contributed by atoms with Crippen LogP contribution < -0.4 is 10.1 Å². The quantitative estimate of drug-likeness (QED) is 0.429. The zero-order chi connectivity index (χ0) is 16.2. The van der Waals surface area contributed by atoms with Gasteiger partial charge in [0.1, 0.15) is 6.61 Å². The van der Waals surface area contributed by atoms with Gasteiger partial charge in [-0.2, -0.15) is 0 Å². The molecule has 1 aromatic rings. The van der Waals surface area contributed by atoms with E-state index in [1.54, 1.807) is 20.4 Å². The molecule has 6 heteroatoms. The summed E-state index contributed by atoms with van der Waals surface area (Å²) in [5.41, 5.74) is 1.00. The molecule has 1 aromatic heterocycles. The van der Waals surface area contributed by atoms with Crippen LogP contribution in [0.2, 0.25) is 0 Å². The molecule has 0 atom stereocenters. The highest BCUT2D eigenvalue weighted by molar-refractivity contribution is 5.79. The number of nitrogens with one attached hydrogen (secondary N) is 1. The van der Waals surface area contributed by atoms with Gasteiger partial charge in [0.25, 0.3) is 0 Å². The summed E-state index contributed by atoms with van der Waals surface area (Å²) >= 11 is 0. The Bertz CT molecular complexity index is 452. The fourth-order valence-corrected chi connectivity index (χ4v) is 1.97. The molecule has 1 heterocycles. The van der Waals surface area contributed by atoms with Crippen molar-refractivity contribution in [3.8, 4) is 5.88 Å². The molecule has 0 saturated carbocycles. The second-order valence-corrected chi connectivity index (χ2v) is 4.98. The van der Waals surface area contributed by atoms with E-state index in [4.69, 9.17) is 9.47 Å². The number of aliphatic imine (C=N–C) groups is 1. The van der Waals surface area contributed by atoms with Gasteiger partial charge in [-0.05, 0) is 12.5 Å². The Morgan fingerprint density at radius 1 is 1.41 bits per heavy atom. The molecule has 0 aliphatic rings. The Balaban J connectivity index is 2.58. The zero-order valence-electron chi connectivity index (χ0n) is 14.1. The molecule has 124 valence electrons. The van der Waals surface area contributed by atoms with Crippen LogP contribution in [0.3, 0.4) is 0 Å². The van der Waals surface area contributed by atoms with Crippen LogP contribution in [0, 0.1) is 0 Å². The minimum absolute atomic E-state index is 0.492. The van der Waals surface area contributed by atoms with Crippen molar-refractivity contribution in [1.82, 2.24) is 15.2 Å². The summed E-state index contributed by atoms with van der Waals surface area (Å²) in [6, 6.07) is 3.91. The van der Waals surface area contributed by atoms with Crippen molar-refractivity contribution >= 4 is 5.96 Å². The maximum absolute atomic E-state index is 5.64. The van der Waals surface area contributed by atoms with Crippen LogP contribution in [0.4, 0.5) is 0 Å². The van der Waals surface area contributed by atoms with Gasteiger partial charge in [-0.1, -0.05) is 19.4 Å². The number of hydrogen-bond donors (Lipinski definition) is 1. The first-order chi connectivity index (χ1) is 10.7. The van der Waals surface area contributed by atoms with E-state index in [1.165, 1.54) is 6.42 Å². The zero-order valence-corrected chi connectivity index (χ0v) is 14.1. The number of nitrogens with zero attached hydrogens (tertiary/aromatic N) is 3. The van der Waals surface area contributed by atoms with Crippen molar-refractivity contribution in [2.75, 3.05) is 41.0 Å². The Labute approximate surface area is 133 Å². The Kier molecular flexibility index (Phi) is 8.98. The maximum atomic E-state index is 5.64. The highest BCUT2D eigenvalue weighted by atomic mass is 16.5. The summed E-state index contributed by atoms with van der Waals surface area (Å²) in [5.74, 6) is 1.51. The first kappa shape index (κ1) is 18.2. The summed E-state index contributed by atoms with van der Waals surface area (Å²) in [6.07, 6.45) is 4.05. The highest BCUT2D eigenvalue weighted by Gasteiger charge is 2.08. The van der Waals surface area contributed by atoms with E-state index >= 15 is 0 Å². The molecular weight excluding hydrogens is 280 g/mol. The number of ether oxygens (including phenoxy) is 2. The lowest BCUT2D eigenvalue weighted by atomic mass is 10.2. The number of pyridine rings is 1. The Hall–Kier alpha value is -1.82. The largest absolute Gasteiger partial charge is 0.475 e. The molecule has 0 bridgehead atoms. The van der Waals surface area contributed by atoms with E-state index in [-0.39, 0.29) is 0 Å². The van der Waals surface area contributed by atoms with Crippen molar-refractivity contribution in [3.05, 3.63) is 23.9 Å². The van der Waals surface area contributed by atoms with Gasteiger partial charge in [0.05, 0.1) is 6.61 Å². The lowest BCUT2D eigenvalue weighted by Crippen LogP contribution is -2.39. The fourth-order valence-electron chi connectivity index (χ4n) is 1.97.